The zero-order valence-electron chi connectivity index (χ0n) is 13.8. The van der Waals surface area contributed by atoms with Crippen molar-refractivity contribution < 1.29 is 27.5 Å². The summed E-state index contributed by atoms with van der Waals surface area (Å²) in [7, 11) is 0. The van der Waals surface area contributed by atoms with Gasteiger partial charge < -0.3 is 10.1 Å². The van der Waals surface area contributed by atoms with Crippen LogP contribution in [-0.2, 0) is 9.53 Å². The fourth-order valence-electron chi connectivity index (χ4n) is 2.11. The van der Waals surface area contributed by atoms with E-state index in [9.17, 15) is 22.8 Å². The quantitative estimate of drug-likeness (QED) is 0.671. The highest BCUT2D eigenvalue weighted by Gasteiger charge is 2.22. The van der Waals surface area contributed by atoms with Gasteiger partial charge in [-0.2, -0.15) is 0 Å². The van der Waals surface area contributed by atoms with E-state index in [0.29, 0.717) is 17.2 Å². The van der Waals surface area contributed by atoms with Crippen LogP contribution in [0.4, 0.5) is 18.9 Å². The van der Waals surface area contributed by atoms with E-state index < -0.39 is 41.1 Å². The van der Waals surface area contributed by atoms with Crippen LogP contribution in [0, 0.1) is 31.3 Å². The maximum atomic E-state index is 13.6. The molecule has 0 aliphatic heterocycles. The molecule has 0 aliphatic carbocycles. The largest absolute Gasteiger partial charge is 0.449 e. The molecule has 0 bridgehead atoms. The van der Waals surface area contributed by atoms with Crippen LogP contribution in [0.1, 0.15) is 28.4 Å². The van der Waals surface area contributed by atoms with E-state index in [2.05, 4.69) is 5.32 Å². The van der Waals surface area contributed by atoms with Crippen LogP contribution in [0.5, 0.6) is 0 Å². The van der Waals surface area contributed by atoms with Gasteiger partial charge in [0.15, 0.2) is 23.6 Å². The van der Waals surface area contributed by atoms with Crippen LogP contribution in [0.2, 0.25) is 0 Å². The molecule has 0 fully saturated rings. The number of ether oxygens (including phenoxy) is 1. The topological polar surface area (TPSA) is 55.4 Å². The Morgan fingerprint density at radius 2 is 1.72 bits per heavy atom. The highest BCUT2D eigenvalue weighted by atomic mass is 19.2. The number of anilines is 1. The zero-order chi connectivity index (χ0) is 18.7. The Bertz CT molecular complexity index is 837. The molecule has 2 aromatic rings. The first-order valence-electron chi connectivity index (χ1n) is 7.44. The van der Waals surface area contributed by atoms with Gasteiger partial charge in [0, 0.05) is 0 Å². The van der Waals surface area contributed by atoms with Crippen molar-refractivity contribution in [2.45, 2.75) is 26.9 Å². The number of nitrogens with one attached hydrogen (secondary N) is 1. The molecule has 25 heavy (non-hydrogen) atoms. The molecule has 0 aromatic heterocycles. The lowest BCUT2D eigenvalue weighted by Gasteiger charge is -2.15. The third-order valence-electron chi connectivity index (χ3n) is 3.77. The Labute approximate surface area is 142 Å². The zero-order valence-corrected chi connectivity index (χ0v) is 13.8. The molecule has 0 aliphatic rings. The molecule has 0 heterocycles. The molecule has 1 amide bonds. The van der Waals surface area contributed by atoms with E-state index >= 15 is 0 Å². The molecule has 1 atom stereocenters. The molecule has 2 rings (SSSR count). The predicted molar refractivity (Wildman–Crippen MR) is 85.7 cm³/mol. The number of carbonyl (C=O) groups is 2. The molecule has 4 nitrogen and oxygen atoms in total. The summed E-state index contributed by atoms with van der Waals surface area (Å²) in [6, 6.07) is 6.63. The van der Waals surface area contributed by atoms with E-state index in [1.807, 2.05) is 13.0 Å². The lowest BCUT2D eigenvalue weighted by Crippen LogP contribution is -2.30. The molecule has 132 valence electrons. The monoisotopic (exact) mass is 351 g/mol. The van der Waals surface area contributed by atoms with Crippen molar-refractivity contribution in [2.24, 2.45) is 0 Å². The lowest BCUT2D eigenvalue weighted by molar-refractivity contribution is -0.123. The summed E-state index contributed by atoms with van der Waals surface area (Å²) >= 11 is 0. The van der Waals surface area contributed by atoms with Crippen LogP contribution in [0.15, 0.2) is 30.3 Å². The number of carbonyl (C=O) groups excluding carboxylic acids is 2. The Hall–Kier alpha value is -2.83. The number of rotatable bonds is 4. The van der Waals surface area contributed by atoms with E-state index in [4.69, 9.17) is 4.74 Å². The van der Waals surface area contributed by atoms with Gasteiger partial charge >= 0.3 is 5.97 Å². The van der Waals surface area contributed by atoms with Gasteiger partial charge in [-0.25, -0.2) is 18.0 Å². The Morgan fingerprint density at radius 1 is 1.04 bits per heavy atom. The second-order valence-corrected chi connectivity index (χ2v) is 5.51. The number of hydrogen-bond acceptors (Lipinski definition) is 3. The van der Waals surface area contributed by atoms with Crippen LogP contribution >= 0.6 is 0 Å². The molecule has 7 heteroatoms. The number of esters is 1. The SMILES string of the molecule is Cc1cccc(C(=O)O[C@@H](C)C(=O)Nc2ccc(F)c(F)c2F)c1C. The Morgan fingerprint density at radius 3 is 2.40 bits per heavy atom. The molecule has 0 unspecified atom stereocenters. The molecular formula is C18H16F3NO3. The van der Waals surface area contributed by atoms with Gasteiger partial charge in [-0.15, -0.1) is 0 Å². The van der Waals surface area contributed by atoms with Crippen LogP contribution < -0.4 is 5.32 Å². The lowest BCUT2D eigenvalue weighted by atomic mass is 10.0. The molecule has 0 saturated carbocycles. The maximum Gasteiger partial charge on any atom is 0.339 e. The second-order valence-electron chi connectivity index (χ2n) is 5.51. The van der Waals surface area contributed by atoms with Gasteiger partial charge in [-0.05, 0) is 50.1 Å². The first-order valence-corrected chi connectivity index (χ1v) is 7.44. The number of halogens is 3. The van der Waals surface area contributed by atoms with Gasteiger partial charge in [-0.3, -0.25) is 4.79 Å². The van der Waals surface area contributed by atoms with E-state index in [-0.39, 0.29) is 0 Å². The van der Waals surface area contributed by atoms with Gasteiger partial charge in [-0.1, -0.05) is 12.1 Å². The van der Waals surface area contributed by atoms with Gasteiger partial charge in [0.05, 0.1) is 11.3 Å². The van der Waals surface area contributed by atoms with Crippen LogP contribution in [-0.4, -0.2) is 18.0 Å². The first-order chi connectivity index (χ1) is 11.7. The number of hydrogen-bond donors (Lipinski definition) is 1. The summed E-state index contributed by atoms with van der Waals surface area (Å²) in [6.07, 6.45) is -1.26. The molecule has 1 N–H and O–H groups in total. The number of amides is 1. The Kier molecular flexibility index (Phi) is 5.46. The molecular weight excluding hydrogens is 335 g/mol. The standard InChI is InChI=1S/C18H16F3NO3/c1-9-5-4-6-12(10(9)2)18(24)25-11(3)17(23)22-14-8-7-13(19)15(20)16(14)21/h4-8,11H,1-3H3,(H,22,23)/t11-/m0/s1. The average molecular weight is 351 g/mol. The van der Waals surface area contributed by atoms with Gasteiger partial charge in [0.25, 0.3) is 5.91 Å². The average Bonchev–Trinajstić information content (AvgIpc) is 2.57. The molecule has 0 spiro atoms. The van der Waals surface area contributed by atoms with Crippen molar-refractivity contribution >= 4 is 17.6 Å². The normalized spacial score (nSPS) is 11.8. The van der Waals surface area contributed by atoms with Crippen molar-refractivity contribution in [1.29, 1.82) is 0 Å². The number of aryl methyl sites for hydroxylation is 1. The minimum absolute atomic E-state index is 0.304. The summed E-state index contributed by atoms with van der Waals surface area (Å²) in [5.74, 6) is -6.18. The van der Waals surface area contributed by atoms with Crippen molar-refractivity contribution in [3.05, 3.63) is 64.5 Å². The summed E-state index contributed by atoms with van der Waals surface area (Å²) in [6.45, 7) is 4.86. The Balaban J connectivity index is 2.09. The summed E-state index contributed by atoms with van der Waals surface area (Å²) in [5, 5.41) is 2.06. The maximum absolute atomic E-state index is 13.6. The molecule has 0 saturated heterocycles. The molecule has 2 aromatic carbocycles. The van der Waals surface area contributed by atoms with Gasteiger partial charge in [0.2, 0.25) is 0 Å². The smallest absolute Gasteiger partial charge is 0.339 e. The third-order valence-corrected chi connectivity index (χ3v) is 3.77. The minimum Gasteiger partial charge on any atom is -0.449 e. The van der Waals surface area contributed by atoms with E-state index in [1.54, 1.807) is 19.1 Å². The van der Waals surface area contributed by atoms with Crippen LogP contribution in [0.25, 0.3) is 0 Å². The van der Waals surface area contributed by atoms with Crippen molar-refractivity contribution in [2.75, 3.05) is 5.32 Å². The van der Waals surface area contributed by atoms with Crippen molar-refractivity contribution in [3.8, 4) is 0 Å². The molecule has 0 radical (unpaired) electrons. The summed E-state index contributed by atoms with van der Waals surface area (Å²) in [4.78, 5) is 24.2. The predicted octanol–water partition coefficient (Wildman–Crippen LogP) is 3.90. The highest BCUT2D eigenvalue weighted by molar-refractivity contribution is 5.98. The van der Waals surface area contributed by atoms with E-state index in [0.717, 1.165) is 11.6 Å². The minimum atomic E-state index is -1.70. The van der Waals surface area contributed by atoms with Crippen molar-refractivity contribution in [3.63, 3.8) is 0 Å². The summed E-state index contributed by atoms with van der Waals surface area (Å²) in [5.41, 5.74) is 1.36. The first kappa shape index (κ1) is 18.5. The third kappa shape index (κ3) is 3.99. The van der Waals surface area contributed by atoms with Crippen LogP contribution in [0.3, 0.4) is 0 Å². The fraction of sp³-hybridized carbons (Fsp3) is 0.222. The highest BCUT2D eigenvalue weighted by Crippen LogP contribution is 2.20. The van der Waals surface area contributed by atoms with Crippen molar-refractivity contribution in [1.82, 2.24) is 0 Å². The second kappa shape index (κ2) is 7.38. The van der Waals surface area contributed by atoms with Gasteiger partial charge in [0.1, 0.15) is 0 Å². The van der Waals surface area contributed by atoms with E-state index in [1.165, 1.54) is 6.92 Å². The number of benzene rings is 2. The fourth-order valence-corrected chi connectivity index (χ4v) is 2.11. The summed E-state index contributed by atoms with van der Waals surface area (Å²) < 4.78 is 44.7.